The molecule has 1 aliphatic heterocycles. The molecule has 0 aromatic heterocycles. The van der Waals surface area contributed by atoms with Gasteiger partial charge in [0.25, 0.3) is 5.69 Å². The minimum Gasteiger partial charge on any atom is -0.492 e. The Hall–Kier alpha value is -2.40. The SMILES string of the molecule is O=[N+]([O-])c1ccc(OCCN2CCCCC2Cc2ccccc2)cc1. The maximum Gasteiger partial charge on any atom is 0.269 e. The second-order valence-corrected chi connectivity index (χ2v) is 6.47. The molecule has 0 aliphatic carbocycles. The zero-order valence-corrected chi connectivity index (χ0v) is 14.3. The standard InChI is InChI=1S/C20H24N2O3/c23-22(24)18-9-11-20(12-10-18)25-15-14-21-13-5-4-8-19(21)16-17-6-2-1-3-7-17/h1-3,6-7,9-12,19H,4-5,8,13-16H2. The molecule has 132 valence electrons. The second kappa shape index (κ2) is 8.62. The molecular formula is C20H24N2O3. The number of nitrogens with zero attached hydrogens (tertiary/aromatic N) is 2. The highest BCUT2D eigenvalue weighted by Gasteiger charge is 2.22. The summed E-state index contributed by atoms with van der Waals surface area (Å²) in [4.78, 5) is 12.8. The van der Waals surface area contributed by atoms with E-state index in [0.717, 1.165) is 19.5 Å². The van der Waals surface area contributed by atoms with Crippen LogP contribution < -0.4 is 4.74 Å². The molecule has 0 saturated carbocycles. The number of hydrogen-bond donors (Lipinski definition) is 0. The monoisotopic (exact) mass is 340 g/mol. The molecular weight excluding hydrogens is 316 g/mol. The van der Waals surface area contributed by atoms with E-state index in [1.54, 1.807) is 12.1 Å². The molecule has 0 amide bonds. The van der Waals surface area contributed by atoms with Crippen LogP contribution >= 0.6 is 0 Å². The maximum absolute atomic E-state index is 10.7. The van der Waals surface area contributed by atoms with Crippen LogP contribution in [0.3, 0.4) is 0 Å². The number of nitro groups is 1. The van der Waals surface area contributed by atoms with Crippen molar-refractivity contribution in [2.75, 3.05) is 19.7 Å². The highest BCUT2D eigenvalue weighted by atomic mass is 16.6. The Bertz CT molecular complexity index is 673. The average Bonchev–Trinajstić information content (AvgIpc) is 2.64. The van der Waals surface area contributed by atoms with Crippen molar-refractivity contribution in [1.82, 2.24) is 4.90 Å². The van der Waals surface area contributed by atoms with E-state index >= 15 is 0 Å². The fourth-order valence-corrected chi connectivity index (χ4v) is 3.42. The van der Waals surface area contributed by atoms with Gasteiger partial charge in [0.05, 0.1) is 4.92 Å². The number of non-ortho nitro benzene ring substituents is 1. The van der Waals surface area contributed by atoms with E-state index in [1.165, 1.54) is 37.0 Å². The molecule has 1 saturated heterocycles. The van der Waals surface area contributed by atoms with Gasteiger partial charge in [-0.3, -0.25) is 15.0 Å². The van der Waals surface area contributed by atoms with E-state index in [4.69, 9.17) is 4.74 Å². The molecule has 0 spiro atoms. The Kier molecular flexibility index (Phi) is 6.01. The molecule has 1 atom stereocenters. The smallest absolute Gasteiger partial charge is 0.269 e. The van der Waals surface area contributed by atoms with Crippen molar-refractivity contribution in [2.24, 2.45) is 0 Å². The Labute approximate surface area is 148 Å². The minimum atomic E-state index is -0.397. The van der Waals surface area contributed by atoms with Gasteiger partial charge in [0.15, 0.2) is 0 Å². The molecule has 1 heterocycles. The summed E-state index contributed by atoms with van der Waals surface area (Å²) in [5.74, 6) is 0.683. The summed E-state index contributed by atoms with van der Waals surface area (Å²) in [6, 6.07) is 17.5. The number of hydrogen-bond acceptors (Lipinski definition) is 4. The van der Waals surface area contributed by atoms with Crippen molar-refractivity contribution in [1.29, 1.82) is 0 Å². The molecule has 2 aromatic rings. The molecule has 5 heteroatoms. The number of likely N-dealkylation sites (tertiary alicyclic amines) is 1. The number of rotatable bonds is 7. The van der Waals surface area contributed by atoms with Gasteiger partial charge in [-0.15, -0.1) is 0 Å². The quantitative estimate of drug-likeness (QED) is 0.563. The maximum atomic E-state index is 10.7. The zero-order valence-electron chi connectivity index (χ0n) is 14.3. The van der Waals surface area contributed by atoms with Gasteiger partial charge >= 0.3 is 0 Å². The van der Waals surface area contributed by atoms with Crippen molar-refractivity contribution >= 4 is 5.69 Å². The normalized spacial score (nSPS) is 18.0. The van der Waals surface area contributed by atoms with Gasteiger partial charge in [0.1, 0.15) is 12.4 Å². The Morgan fingerprint density at radius 2 is 1.84 bits per heavy atom. The lowest BCUT2D eigenvalue weighted by atomic mass is 9.96. The summed E-state index contributed by atoms with van der Waals surface area (Å²) in [6.45, 7) is 2.60. The van der Waals surface area contributed by atoms with Crippen LogP contribution in [-0.2, 0) is 6.42 Å². The molecule has 2 aromatic carbocycles. The molecule has 0 N–H and O–H groups in total. The van der Waals surface area contributed by atoms with E-state index < -0.39 is 4.92 Å². The largest absolute Gasteiger partial charge is 0.492 e. The molecule has 0 bridgehead atoms. The van der Waals surface area contributed by atoms with Gasteiger partial charge in [0.2, 0.25) is 0 Å². The molecule has 0 radical (unpaired) electrons. The minimum absolute atomic E-state index is 0.0892. The summed E-state index contributed by atoms with van der Waals surface area (Å²) in [5, 5.41) is 10.7. The average molecular weight is 340 g/mol. The van der Waals surface area contributed by atoms with E-state index in [2.05, 4.69) is 35.2 Å². The third-order valence-electron chi connectivity index (χ3n) is 4.76. The first-order valence-electron chi connectivity index (χ1n) is 8.87. The highest BCUT2D eigenvalue weighted by molar-refractivity contribution is 5.35. The van der Waals surface area contributed by atoms with Gasteiger partial charge in [-0.2, -0.15) is 0 Å². The van der Waals surface area contributed by atoms with Crippen molar-refractivity contribution in [3.05, 3.63) is 70.3 Å². The lowest BCUT2D eigenvalue weighted by Gasteiger charge is -2.35. The summed E-state index contributed by atoms with van der Waals surface area (Å²) < 4.78 is 5.78. The predicted octanol–water partition coefficient (Wildman–Crippen LogP) is 4.07. The predicted molar refractivity (Wildman–Crippen MR) is 97.9 cm³/mol. The molecule has 1 aliphatic rings. The van der Waals surface area contributed by atoms with Gasteiger partial charge in [-0.05, 0) is 43.5 Å². The summed E-state index contributed by atoms with van der Waals surface area (Å²) >= 11 is 0. The fourth-order valence-electron chi connectivity index (χ4n) is 3.42. The van der Waals surface area contributed by atoms with Crippen molar-refractivity contribution in [3.63, 3.8) is 0 Å². The number of piperidine rings is 1. The van der Waals surface area contributed by atoms with Crippen LogP contribution in [0, 0.1) is 10.1 Å². The Morgan fingerprint density at radius 3 is 2.56 bits per heavy atom. The summed E-state index contributed by atoms with van der Waals surface area (Å²) in [7, 11) is 0. The lowest BCUT2D eigenvalue weighted by molar-refractivity contribution is -0.384. The number of ether oxygens (including phenoxy) is 1. The van der Waals surface area contributed by atoms with E-state index in [1.807, 2.05) is 0 Å². The van der Waals surface area contributed by atoms with E-state index in [9.17, 15) is 10.1 Å². The molecule has 1 unspecified atom stereocenters. The van der Waals surface area contributed by atoms with Crippen LogP contribution in [0.15, 0.2) is 54.6 Å². The lowest BCUT2D eigenvalue weighted by Crippen LogP contribution is -2.43. The van der Waals surface area contributed by atoms with Crippen LogP contribution in [0.5, 0.6) is 5.75 Å². The third kappa shape index (κ3) is 5.03. The van der Waals surface area contributed by atoms with Crippen LogP contribution in [0.4, 0.5) is 5.69 Å². The molecule has 5 nitrogen and oxygen atoms in total. The summed E-state index contributed by atoms with van der Waals surface area (Å²) in [5.41, 5.74) is 1.47. The first-order valence-corrected chi connectivity index (χ1v) is 8.87. The van der Waals surface area contributed by atoms with Gasteiger partial charge < -0.3 is 4.74 Å². The first kappa shape index (κ1) is 17.4. The third-order valence-corrected chi connectivity index (χ3v) is 4.76. The molecule has 25 heavy (non-hydrogen) atoms. The topological polar surface area (TPSA) is 55.6 Å². The number of nitro benzene ring substituents is 1. The van der Waals surface area contributed by atoms with Gasteiger partial charge in [-0.1, -0.05) is 36.8 Å². The van der Waals surface area contributed by atoms with E-state index in [-0.39, 0.29) is 5.69 Å². The van der Waals surface area contributed by atoms with Crippen molar-refractivity contribution < 1.29 is 9.66 Å². The molecule has 1 fully saturated rings. The van der Waals surface area contributed by atoms with Gasteiger partial charge in [0, 0.05) is 24.7 Å². The van der Waals surface area contributed by atoms with Crippen molar-refractivity contribution in [3.8, 4) is 5.75 Å². The van der Waals surface area contributed by atoms with Crippen LogP contribution in [0.1, 0.15) is 24.8 Å². The van der Waals surface area contributed by atoms with Gasteiger partial charge in [-0.25, -0.2) is 0 Å². The Morgan fingerprint density at radius 1 is 1.08 bits per heavy atom. The van der Waals surface area contributed by atoms with Crippen LogP contribution in [-0.4, -0.2) is 35.6 Å². The zero-order chi connectivity index (χ0) is 17.5. The number of benzene rings is 2. The highest BCUT2D eigenvalue weighted by Crippen LogP contribution is 2.21. The molecule has 3 rings (SSSR count). The second-order valence-electron chi connectivity index (χ2n) is 6.47. The van der Waals surface area contributed by atoms with Crippen molar-refractivity contribution in [2.45, 2.75) is 31.7 Å². The van der Waals surface area contributed by atoms with E-state index in [0.29, 0.717) is 18.4 Å². The fraction of sp³-hybridized carbons (Fsp3) is 0.400. The van der Waals surface area contributed by atoms with Crippen LogP contribution in [0.25, 0.3) is 0 Å². The Balaban J connectivity index is 1.50. The van der Waals surface area contributed by atoms with Crippen LogP contribution in [0.2, 0.25) is 0 Å². The first-order chi connectivity index (χ1) is 12.2. The summed E-state index contributed by atoms with van der Waals surface area (Å²) in [6.07, 6.45) is 4.84.